The first-order chi connectivity index (χ1) is 15.1. The van der Waals surface area contributed by atoms with Crippen molar-refractivity contribution >= 4 is 14.0 Å². The molecule has 33 heavy (non-hydrogen) atoms. The summed E-state index contributed by atoms with van der Waals surface area (Å²) >= 11 is 1.46. The third-order valence-corrected chi connectivity index (χ3v) is 6.48. The molecule has 0 saturated carbocycles. The summed E-state index contributed by atoms with van der Waals surface area (Å²) in [6.45, 7) is 4.41. The topological polar surface area (TPSA) is 0 Å². The predicted octanol–water partition coefficient (Wildman–Crippen LogP) is 1.70. The summed E-state index contributed by atoms with van der Waals surface area (Å²) in [5.41, 5.74) is 4.10. The molecule has 0 amide bonds. The molecule has 0 unspecified atom stereocenters. The first-order valence-corrected chi connectivity index (χ1v) is 11.9. The fourth-order valence-corrected chi connectivity index (χ4v) is 4.08. The summed E-state index contributed by atoms with van der Waals surface area (Å²) in [6, 6.07) is 35.8. The van der Waals surface area contributed by atoms with Crippen LogP contribution in [-0.4, -0.2) is 3.21 Å². The molecule has 0 aliphatic heterocycles. The normalized spacial score (nSPS) is 11.2. The van der Waals surface area contributed by atoms with Crippen molar-refractivity contribution in [2.75, 3.05) is 0 Å². The van der Waals surface area contributed by atoms with E-state index in [2.05, 4.69) is 135 Å². The minimum absolute atomic E-state index is 0. The van der Waals surface area contributed by atoms with Crippen LogP contribution in [0.2, 0.25) is 0 Å². The SMILES string of the molecule is CC(C)C1=CC[C-]=C1.[Cl-].[Cl-].[Zr+2]=[C](c1ccccc1)c1ccccc1.c1ccc2[cH-]ccc2c1. The van der Waals surface area contributed by atoms with E-state index in [-0.39, 0.29) is 24.8 Å². The molecule has 1 aliphatic carbocycles. The fourth-order valence-electron chi connectivity index (χ4n) is 3.26. The Morgan fingerprint density at radius 2 is 1.33 bits per heavy atom. The van der Waals surface area contributed by atoms with Crippen LogP contribution in [-0.2, 0) is 24.2 Å². The van der Waals surface area contributed by atoms with Gasteiger partial charge in [-0.1, -0.05) is 25.8 Å². The third-order valence-electron chi connectivity index (χ3n) is 5.06. The molecule has 0 N–H and O–H groups in total. The van der Waals surface area contributed by atoms with Gasteiger partial charge in [-0.25, -0.2) is 6.08 Å². The number of halogens is 2. The first kappa shape index (κ1) is 29.1. The standard InChI is InChI=1S/C13H10.C9H7.C8H11.2ClH.Zr/c1-3-7-12(8-4-1)11-13-9-5-2-6-10-13;1-2-5-9-7-3-6-8(9)4-1;1-7(2)8-5-3-4-6-8;;;/h1-10H;1-7H;5-7H,3H2,1-2H3;2*1H;/q;2*-1;;;+2/p-2. The molecule has 168 valence electrons. The molecule has 0 spiro atoms. The van der Waals surface area contributed by atoms with E-state index in [9.17, 15) is 0 Å². The second-order valence-electron chi connectivity index (χ2n) is 7.67. The molecule has 4 aromatic carbocycles. The van der Waals surface area contributed by atoms with Crippen molar-refractivity contribution in [2.24, 2.45) is 5.92 Å². The van der Waals surface area contributed by atoms with Crippen molar-refractivity contribution in [2.45, 2.75) is 20.3 Å². The van der Waals surface area contributed by atoms with Crippen LogP contribution in [0.5, 0.6) is 0 Å². The quantitative estimate of drug-likeness (QED) is 0.341. The van der Waals surface area contributed by atoms with Gasteiger partial charge in [0.1, 0.15) is 0 Å². The molecule has 0 heterocycles. The van der Waals surface area contributed by atoms with Crippen molar-refractivity contribution in [3.8, 4) is 0 Å². The zero-order valence-electron chi connectivity index (χ0n) is 19.0. The summed E-state index contributed by atoms with van der Waals surface area (Å²) in [4.78, 5) is 0. The molecular weight excluding hydrogens is 522 g/mol. The summed E-state index contributed by atoms with van der Waals surface area (Å²) in [5.74, 6) is 0.685. The molecule has 1 aliphatic rings. The van der Waals surface area contributed by atoms with Gasteiger partial charge in [-0.15, -0.1) is 36.1 Å². The van der Waals surface area contributed by atoms with Gasteiger partial charge < -0.3 is 24.8 Å². The molecule has 5 rings (SSSR count). The van der Waals surface area contributed by atoms with Gasteiger partial charge in [0.25, 0.3) is 0 Å². The fraction of sp³-hybridized carbons (Fsp3) is 0.133. The number of hydrogen-bond acceptors (Lipinski definition) is 0. The van der Waals surface area contributed by atoms with Crippen LogP contribution in [0.3, 0.4) is 0 Å². The predicted molar refractivity (Wildman–Crippen MR) is 131 cm³/mol. The Bertz CT molecular complexity index is 1070. The van der Waals surface area contributed by atoms with Crippen LogP contribution < -0.4 is 24.8 Å². The summed E-state index contributed by atoms with van der Waals surface area (Å²) in [7, 11) is 0. The van der Waals surface area contributed by atoms with E-state index in [1.165, 1.54) is 54.9 Å². The van der Waals surface area contributed by atoms with Crippen molar-refractivity contribution in [1.29, 1.82) is 0 Å². The van der Waals surface area contributed by atoms with Gasteiger partial charge >= 0.3 is 99.2 Å². The molecular formula is C30H28Cl2Zr-2. The average molecular weight is 551 g/mol. The molecule has 0 fully saturated rings. The maximum Gasteiger partial charge on any atom is -0.0809 e. The maximum atomic E-state index is 3.14. The molecule has 4 aromatic rings. The Labute approximate surface area is 225 Å². The summed E-state index contributed by atoms with van der Waals surface area (Å²) < 4.78 is 1.42. The summed E-state index contributed by atoms with van der Waals surface area (Å²) in [5, 5.41) is 2.66. The zero-order valence-corrected chi connectivity index (χ0v) is 23.0. The van der Waals surface area contributed by atoms with Gasteiger partial charge in [-0.3, -0.25) is 6.08 Å². The third kappa shape index (κ3) is 9.46. The Morgan fingerprint density at radius 1 is 0.788 bits per heavy atom. The van der Waals surface area contributed by atoms with Gasteiger partial charge in [0.05, 0.1) is 0 Å². The van der Waals surface area contributed by atoms with Gasteiger partial charge in [-0.05, 0) is 0 Å². The van der Waals surface area contributed by atoms with E-state index in [4.69, 9.17) is 0 Å². The van der Waals surface area contributed by atoms with E-state index < -0.39 is 0 Å². The van der Waals surface area contributed by atoms with Crippen molar-refractivity contribution < 1.29 is 49.0 Å². The molecule has 0 nitrogen and oxygen atoms in total. The van der Waals surface area contributed by atoms with Gasteiger partial charge in [-0.2, -0.15) is 29.2 Å². The van der Waals surface area contributed by atoms with Crippen molar-refractivity contribution in [1.82, 2.24) is 0 Å². The molecule has 0 atom stereocenters. The molecule has 3 heteroatoms. The van der Waals surface area contributed by atoms with Gasteiger partial charge in [0, 0.05) is 0 Å². The molecule has 0 saturated heterocycles. The second-order valence-corrected chi connectivity index (χ2v) is 8.90. The van der Waals surface area contributed by atoms with Crippen molar-refractivity contribution in [3.63, 3.8) is 0 Å². The second kappa shape index (κ2) is 15.8. The molecule has 0 aromatic heterocycles. The Hall–Kier alpha value is -1.92. The van der Waals surface area contributed by atoms with Gasteiger partial charge in [0.15, 0.2) is 0 Å². The van der Waals surface area contributed by atoms with E-state index >= 15 is 0 Å². The minimum Gasteiger partial charge on any atom is -0.168 e. The van der Waals surface area contributed by atoms with E-state index in [1.54, 1.807) is 0 Å². The number of benzene rings is 3. The molecule has 0 bridgehead atoms. The maximum absolute atomic E-state index is 3.14. The minimum atomic E-state index is 0. The van der Waals surface area contributed by atoms with E-state index in [0.29, 0.717) is 5.92 Å². The van der Waals surface area contributed by atoms with Gasteiger partial charge in [0.2, 0.25) is 0 Å². The van der Waals surface area contributed by atoms with E-state index in [1.807, 2.05) is 0 Å². The average Bonchev–Trinajstić information content (AvgIpc) is 3.53. The van der Waals surface area contributed by atoms with Crippen LogP contribution in [0.4, 0.5) is 0 Å². The summed E-state index contributed by atoms with van der Waals surface area (Å²) in [6.07, 6.45) is 8.47. The first-order valence-electron chi connectivity index (χ1n) is 10.7. The Balaban J connectivity index is 0.000000252. The largest absolute Gasteiger partial charge is 0.168 e. The van der Waals surface area contributed by atoms with Crippen LogP contribution in [0.25, 0.3) is 10.8 Å². The number of allylic oxidation sites excluding steroid dienone is 4. The van der Waals surface area contributed by atoms with E-state index in [0.717, 1.165) is 6.42 Å². The number of rotatable bonds is 3. The van der Waals surface area contributed by atoms with Crippen LogP contribution in [0.15, 0.2) is 121 Å². The van der Waals surface area contributed by atoms with Crippen LogP contribution in [0, 0.1) is 12.0 Å². The van der Waals surface area contributed by atoms with Crippen LogP contribution in [0.1, 0.15) is 31.4 Å². The number of hydrogen-bond donors (Lipinski definition) is 0. The smallest absolute Gasteiger partial charge is 0.0809 e. The Morgan fingerprint density at radius 3 is 1.79 bits per heavy atom. The zero-order chi connectivity index (χ0) is 21.9. The van der Waals surface area contributed by atoms with Crippen LogP contribution >= 0.6 is 0 Å². The van der Waals surface area contributed by atoms with Crippen molar-refractivity contribution in [3.05, 3.63) is 138 Å². The number of fused-ring (bicyclic) bond motifs is 1. The monoisotopic (exact) mass is 548 g/mol. The Kier molecular flexibility index (Phi) is 14.0. The molecule has 0 radical (unpaired) electrons.